The maximum Gasteiger partial charge on any atom is 0.338 e. The molecule has 0 aliphatic heterocycles. The van der Waals surface area contributed by atoms with Gasteiger partial charge in [-0.3, -0.25) is 14.9 Å². The summed E-state index contributed by atoms with van der Waals surface area (Å²) in [7, 11) is 1.18. The molecule has 106 valence electrons. The van der Waals surface area contributed by atoms with E-state index in [2.05, 4.69) is 4.74 Å². The highest BCUT2D eigenvalue weighted by atomic mass is 16.6. The number of rotatable bonds is 4. The molecule has 2 rings (SSSR count). The first-order valence-electron chi connectivity index (χ1n) is 6.01. The Kier molecular flexibility index (Phi) is 4.08. The van der Waals surface area contributed by atoms with Gasteiger partial charge in [0.05, 0.1) is 17.6 Å². The van der Waals surface area contributed by atoms with Crippen LogP contribution in [0.4, 0.5) is 5.69 Å². The Labute approximate surface area is 120 Å². The Morgan fingerprint density at radius 3 is 2.29 bits per heavy atom. The summed E-state index contributed by atoms with van der Waals surface area (Å²) in [6.07, 6.45) is 0. The van der Waals surface area contributed by atoms with Crippen LogP contribution >= 0.6 is 0 Å². The number of carbonyl (C=O) groups is 2. The molecule has 0 aliphatic carbocycles. The largest absolute Gasteiger partial charge is 0.465 e. The topological polar surface area (TPSA) is 86.5 Å². The number of hydrogen-bond acceptors (Lipinski definition) is 5. The quantitative estimate of drug-likeness (QED) is 0.373. The van der Waals surface area contributed by atoms with Gasteiger partial charge >= 0.3 is 5.97 Å². The van der Waals surface area contributed by atoms with Crippen molar-refractivity contribution in [1.29, 1.82) is 0 Å². The average molecular weight is 285 g/mol. The highest BCUT2D eigenvalue weighted by Gasteiger charge is 2.22. The first-order valence-corrected chi connectivity index (χ1v) is 6.01. The van der Waals surface area contributed by atoms with Crippen LogP contribution in [0.1, 0.15) is 26.3 Å². The van der Waals surface area contributed by atoms with Crippen molar-refractivity contribution in [3.63, 3.8) is 0 Å². The third kappa shape index (κ3) is 2.94. The van der Waals surface area contributed by atoms with Crippen LogP contribution in [0.25, 0.3) is 0 Å². The molecule has 0 saturated carbocycles. The van der Waals surface area contributed by atoms with Gasteiger partial charge in [-0.15, -0.1) is 0 Å². The van der Waals surface area contributed by atoms with Crippen molar-refractivity contribution in [1.82, 2.24) is 0 Å². The van der Waals surface area contributed by atoms with Gasteiger partial charge in [0.25, 0.3) is 5.69 Å². The number of nitrogens with zero attached hydrogens (tertiary/aromatic N) is 1. The first kappa shape index (κ1) is 14.4. The molecule has 21 heavy (non-hydrogen) atoms. The fraction of sp³-hybridized carbons (Fsp3) is 0.0667. The summed E-state index contributed by atoms with van der Waals surface area (Å²) >= 11 is 0. The number of hydrogen-bond donors (Lipinski definition) is 0. The molecule has 2 aromatic rings. The van der Waals surface area contributed by atoms with E-state index in [1.165, 1.54) is 13.2 Å². The number of ether oxygens (including phenoxy) is 1. The van der Waals surface area contributed by atoms with E-state index in [0.717, 1.165) is 12.1 Å². The Hall–Kier alpha value is -3.02. The van der Waals surface area contributed by atoms with E-state index in [1.807, 2.05) is 0 Å². The molecule has 0 atom stereocenters. The van der Waals surface area contributed by atoms with Gasteiger partial charge in [-0.25, -0.2) is 4.79 Å². The smallest absolute Gasteiger partial charge is 0.338 e. The normalized spacial score (nSPS) is 9.95. The summed E-state index contributed by atoms with van der Waals surface area (Å²) in [6.45, 7) is 0. The third-order valence-corrected chi connectivity index (χ3v) is 2.90. The molecule has 0 N–H and O–H groups in total. The SMILES string of the molecule is COC(=O)c1ccc([N+](=O)[O-])cc1C(=O)c1ccccc1. The molecular formula is C15H11NO5. The molecule has 0 aromatic heterocycles. The van der Waals surface area contributed by atoms with Crippen LogP contribution in [0.3, 0.4) is 0 Å². The molecule has 0 amide bonds. The molecule has 2 aromatic carbocycles. The molecule has 0 bridgehead atoms. The van der Waals surface area contributed by atoms with Crippen LogP contribution in [0.15, 0.2) is 48.5 Å². The summed E-state index contributed by atoms with van der Waals surface area (Å²) in [4.78, 5) is 34.4. The molecule has 0 spiro atoms. The Bertz CT molecular complexity index is 709. The molecule has 0 fully saturated rings. The van der Waals surface area contributed by atoms with Crippen molar-refractivity contribution in [2.75, 3.05) is 7.11 Å². The zero-order valence-electron chi connectivity index (χ0n) is 11.1. The van der Waals surface area contributed by atoms with Crippen LogP contribution in [0.2, 0.25) is 0 Å². The van der Waals surface area contributed by atoms with Crippen LogP contribution in [0.5, 0.6) is 0 Å². The number of non-ortho nitro benzene ring substituents is 1. The van der Waals surface area contributed by atoms with E-state index < -0.39 is 16.7 Å². The van der Waals surface area contributed by atoms with Crippen LogP contribution in [-0.2, 0) is 4.74 Å². The van der Waals surface area contributed by atoms with Crippen molar-refractivity contribution in [3.05, 3.63) is 75.3 Å². The van der Waals surface area contributed by atoms with Gasteiger partial charge in [-0.2, -0.15) is 0 Å². The van der Waals surface area contributed by atoms with Crippen LogP contribution in [-0.4, -0.2) is 23.8 Å². The van der Waals surface area contributed by atoms with E-state index in [-0.39, 0.29) is 16.8 Å². The van der Waals surface area contributed by atoms with E-state index in [0.29, 0.717) is 5.56 Å². The van der Waals surface area contributed by atoms with Crippen molar-refractivity contribution in [2.45, 2.75) is 0 Å². The lowest BCUT2D eigenvalue weighted by atomic mass is 9.97. The minimum atomic E-state index is -0.718. The van der Waals surface area contributed by atoms with E-state index in [1.54, 1.807) is 30.3 Å². The van der Waals surface area contributed by atoms with Gasteiger partial charge in [0.1, 0.15) is 0 Å². The van der Waals surface area contributed by atoms with Gasteiger partial charge in [0.2, 0.25) is 0 Å². The molecule has 6 nitrogen and oxygen atoms in total. The summed E-state index contributed by atoms with van der Waals surface area (Å²) in [5, 5.41) is 10.8. The maximum atomic E-state index is 12.4. The van der Waals surface area contributed by atoms with E-state index >= 15 is 0 Å². The van der Waals surface area contributed by atoms with Gasteiger partial charge in [0.15, 0.2) is 5.78 Å². The lowest BCUT2D eigenvalue weighted by molar-refractivity contribution is -0.384. The molecule has 0 aliphatic rings. The molecule has 0 unspecified atom stereocenters. The number of esters is 1. The minimum absolute atomic E-state index is 0.00282. The van der Waals surface area contributed by atoms with Crippen molar-refractivity contribution < 1.29 is 19.2 Å². The second-order valence-corrected chi connectivity index (χ2v) is 4.17. The number of nitro groups is 1. The summed E-state index contributed by atoms with van der Waals surface area (Å²) in [6, 6.07) is 11.7. The fourth-order valence-corrected chi connectivity index (χ4v) is 1.87. The van der Waals surface area contributed by atoms with E-state index in [9.17, 15) is 19.7 Å². The summed E-state index contributed by atoms with van der Waals surface area (Å²) < 4.78 is 4.60. The van der Waals surface area contributed by atoms with Gasteiger partial charge < -0.3 is 4.74 Å². The Morgan fingerprint density at radius 2 is 1.71 bits per heavy atom. The number of benzene rings is 2. The van der Waals surface area contributed by atoms with Crippen molar-refractivity contribution >= 4 is 17.4 Å². The minimum Gasteiger partial charge on any atom is -0.465 e. The average Bonchev–Trinajstić information content (AvgIpc) is 2.53. The number of nitro benzene ring substituents is 1. The predicted molar refractivity (Wildman–Crippen MR) is 74.3 cm³/mol. The number of methoxy groups -OCH3 is 1. The first-order chi connectivity index (χ1) is 10.0. The summed E-state index contributed by atoms with van der Waals surface area (Å²) in [5.41, 5.74) is 0.0179. The van der Waals surface area contributed by atoms with Crippen molar-refractivity contribution in [2.24, 2.45) is 0 Å². The van der Waals surface area contributed by atoms with Crippen LogP contribution in [0, 0.1) is 10.1 Å². The molecule has 0 heterocycles. The van der Waals surface area contributed by atoms with Crippen LogP contribution < -0.4 is 0 Å². The van der Waals surface area contributed by atoms with Gasteiger partial charge in [0, 0.05) is 23.3 Å². The molecule has 0 radical (unpaired) electrons. The maximum absolute atomic E-state index is 12.4. The zero-order chi connectivity index (χ0) is 15.4. The molecular weight excluding hydrogens is 274 g/mol. The fourth-order valence-electron chi connectivity index (χ4n) is 1.87. The Balaban J connectivity index is 2.58. The second kappa shape index (κ2) is 5.96. The Morgan fingerprint density at radius 1 is 1.05 bits per heavy atom. The summed E-state index contributed by atoms with van der Waals surface area (Å²) in [5.74, 6) is -1.19. The number of ketones is 1. The molecule has 0 saturated heterocycles. The molecule has 6 heteroatoms. The lowest BCUT2D eigenvalue weighted by Crippen LogP contribution is -2.12. The standard InChI is InChI=1S/C15H11NO5/c1-21-15(18)12-8-7-11(16(19)20)9-13(12)14(17)10-5-3-2-4-6-10/h2-9H,1H3. The third-order valence-electron chi connectivity index (χ3n) is 2.90. The lowest BCUT2D eigenvalue weighted by Gasteiger charge is -2.07. The van der Waals surface area contributed by atoms with Gasteiger partial charge in [-0.05, 0) is 6.07 Å². The predicted octanol–water partition coefficient (Wildman–Crippen LogP) is 2.61. The number of carbonyl (C=O) groups excluding carboxylic acids is 2. The van der Waals surface area contributed by atoms with E-state index in [4.69, 9.17) is 0 Å². The second-order valence-electron chi connectivity index (χ2n) is 4.17. The zero-order valence-corrected chi connectivity index (χ0v) is 11.1. The van der Waals surface area contributed by atoms with Crippen molar-refractivity contribution in [3.8, 4) is 0 Å². The van der Waals surface area contributed by atoms with Gasteiger partial charge in [-0.1, -0.05) is 30.3 Å². The highest BCUT2D eigenvalue weighted by Crippen LogP contribution is 2.21. The monoisotopic (exact) mass is 285 g/mol. The highest BCUT2D eigenvalue weighted by molar-refractivity contribution is 6.14.